The van der Waals surface area contributed by atoms with Crippen molar-refractivity contribution in [3.8, 4) is 0 Å². The second-order valence-electron chi connectivity index (χ2n) is 2.57. The van der Waals surface area contributed by atoms with E-state index in [0.717, 1.165) is 10.9 Å². The zero-order chi connectivity index (χ0) is 8.55. The Morgan fingerprint density at radius 1 is 1.33 bits per heavy atom. The Balaban J connectivity index is 2.68. The smallest absolute Gasteiger partial charge is 0.0715 e. The first-order chi connectivity index (χ1) is 5.77. The van der Waals surface area contributed by atoms with Gasteiger partial charge in [-0.05, 0) is 23.8 Å². The van der Waals surface area contributed by atoms with E-state index in [1.54, 1.807) is 18.3 Å². The molecule has 1 aromatic heterocycles. The van der Waals surface area contributed by atoms with Gasteiger partial charge in [0.2, 0.25) is 0 Å². The maximum Gasteiger partial charge on any atom is 0.0715 e. The number of nitrogens with one attached hydrogen (secondary N) is 1. The number of aromatic nitrogens is 1. The van der Waals surface area contributed by atoms with Crippen LogP contribution in [0.15, 0.2) is 30.5 Å². The summed E-state index contributed by atoms with van der Waals surface area (Å²) in [4.78, 5) is 13.4. The number of fused-ring (bicyclic) bond motifs is 1. The monoisotopic (exact) mass is 160 g/mol. The molecule has 1 N–H and O–H groups in total. The Bertz CT molecular complexity index is 431. The highest BCUT2D eigenvalue weighted by Crippen LogP contribution is 2.13. The summed E-state index contributed by atoms with van der Waals surface area (Å²) in [7, 11) is 0. The molecule has 60 valence electrons. The standard InChI is InChI=1S/C9H7NO2/c11-9(12)7-1-2-8-6(5-7)3-4-10-8/h1-5,10H,(H,11,12)/p-1. The normalized spacial score (nSPS) is 10.3. The largest absolute Gasteiger partial charge is 0.545 e. The van der Waals surface area contributed by atoms with Crippen LogP contribution in [0.25, 0.3) is 10.9 Å². The van der Waals surface area contributed by atoms with Gasteiger partial charge < -0.3 is 14.9 Å². The minimum absolute atomic E-state index is 0.210. The number of benzene rings is 1. The number of hydrogen-bond donors (Lipinski definition) is 1. The van der Waals surface area contributed by atoms with E-state index in [4.69, 9.17) is 0 Å². The van der Waals surface area contributed by atoms with Gasteiger partial charge in [0, 0.05) is 17.1 Å². The second kappa shape index (κ2) is 2.37. The third-order valence-corrected chi connectivity index (χ3v) is 1.79. The van der Waals surface area contributed by atoms with Crippen molar-refractivity contribution < 1.29 is 9.90 Å². The molecule has 0 aliphatic heterocycles. The van der Waals surface area contributed by atoms with Gasteiger partial charge in [0.15, 0.2) is 0 Å². The van der Waals surface area contributed by atoms with E-state index in [-0.39, 0.29) is 5.56 Å². The van der Waals surface area contributed by atoms with E-state index >= 15 is 0 Å². The van der Waals surface area contributed by atoms with Crippen LogP contribution in [0.2, 0.25) is 0 Å². The number of carboxylic acids is 1. The zero-order valence-electron chi connectivity index (χ0n) is 6.20. The predicted octanol–water partition coefficient (Wildman–Crippen LogP) is 0.531. The van der Waals surface area contributed by atoms with Crippen LogP contribution >= 0.6 is 0 Å². The minimum Gasteiger partial charge on any atom is -0.545 e. The number of carbonyl (C=O) groups excluding carboxylic acids is 1. The highest BCUT2D eigenvalue weighted by atomic mass is 16.4. The van der Waals surface area contributed by atoms with E-state index in [2.05, 4.69) is 4.98 Å². The van der Waals surface area contributed by atoms with Crippen LogP contribution in [0.3, 0.4) is 0 Å². The fraction of sp³-hybridized carbons (Fsp3) is 0. The van der Waals surface area contributed by atoms with Crippen molar-refractivity contribution in [3.05, 3.63) is 36.0 Å². The molecular weight excluding hydrogens is 154 g/mol. The number of aromatic amines is 1. The molecule has 3 nitrogen and oxygen atoms in total. The SMILES string of the molecule is O=C([O-])c1ccc2[nH]ccc2c1. The van der Waals surface area contributed by atoms with E-state index < -0.39 is 5.97 Å². The summed E-state index contributed by atoms with van der Waals surface area (Å²) < 4.78 is 0. The number of carbonyl (C=O) groups is 1. The predicted molar refractivity (Wildman–Crippen MR) is 42.6 cm³/mol. The highest BCUT2D eigenvalue weighted by molar-refractivity contribution is 5.92. The van der Waals surface area contributed by atoms with Crippen molar-refractivity contribution in [1.29, 1.82) is 0 Å². The first-order valence-electron chi connectivity index (χ1n) is 3.56. The molecule has 0 atom stereocenters. The molecular formula is C9H6NO2-. The third-order valence-electron chi connectivity index (χ3n) is 1.79. The van der Waals surface area contributed by atoms with Crippen molar-refractivity contribution in [3.63, 3.8) is 0 Å². The summed E-state index contributed by atoms with van der Waals surface area (Å²) in [5.41, 5.74) is 1.14. The maximum atomic E-state index is 10.4. The van der Waals surface area contributed by atoms with Crippen LogP contribution in [0, 0.1) is 0 Å². The first-order valence-corrected chi connectivity index (χ1v) is 3.56. The number of hydrogen-bond acceptors (Lipinski definition) is 2. The molecule has 0 aliphatic carbocycles. The summed E-state index contributed by atoms with van der Waals surface area (Å²) in [6.45, 7) is 0. The Kier molecular flexibility index (Phi) is 1.37. The second-order valence-corrected chi connectivity index (χ2v) is 2.57. The molecule has 12 heavy (non-hydrogen) atoms. The average Bonchev–Trinajstić information content (AvgIpc) is 2.49. The van der Waals surface area contributed by atoms with E-state index in [0.29, 0.717) is 0 Å². The average molecular weight is 160 g/mol. The molecule has 1 heterocycles. The van der Waals surface area contributed by atoms with Gasteiger partial charge in [-0.3, -0.25) is 0 Å². The Labute approximate surface area is 68.6 Å². The summed E-state index contributed by atoms with van der Waals surface area (Å²) in [5, 5.41) is 11.3. The molecule has 2 aromatic rings. The van der Waals surface area contributed by atoms with E-state index in [1.165, 1.54) is 6.07 Å². The van der Waals surface area contributed by atoms with Crippen LogP contribution in [0.4, 0.5) is 0 Å². The van der Waals surface area contributed by atoms with Gasteiger partial charge in [0.1, 0.15) is 0 Å². The molecule has 0 fully saturated rings. The lowest BCUT2D eigenvalue weighted by Crippen LogP contribution is -2.21. The summed E-state index contributed by atoms with van der Waals surface area (Å²) in [6.07, 6.45) is 1.77. The van der Waals surface area contributed by atoms with Gasteiger partial charge in [-0.25, -0.2) is 0 Å². The van der Waals surface area contributed by atoms with Crippen LogP contribution in [-0.4, -0.2) is 11.0 Å². The minimum atomic E-state index is -1.14. The van der Waals surface area contributed by atoms with Crippen LogP contribution in [0.1, 0.15) is 10.4 Å². The topological polar surface area (TPSA) is 55.9 Å². The number of aromatic carboxylic acids is 1. The Morgan fingerprint density at radius 3 is 2.92 bits per heavy atom. The maximum absolute atomic E-state index is 10.4. The van der Waals surface area contributed by atoms with Crippen molar-refractivity contribution in [2.75, 3.05) is 0 Å². The molecule has 0 radical (unpaired) electrons. The van der Waals surface area contributed by atoms with E-state index in [9.17, 15) is 9.90 Å². The molecule has 0 saturated carbocycles. The molecule has 0 aliphatic rings. The van der Waals surface area contributed by atoms with Crippen LogP contribution in [0.5, 0.6) is 0 Å². The molecule has 2 rings (SSSR count). The summed E-state index contributed by atoms with van der Waals surface area (Å²) in [5.74, 6) is -1.14. The summed E-state index contributed by atoms with van der Waals surface area (Å²) in [6, 6.07) is 6.65. The molecule has 0 unspecified atom stereocenters. The van der Waals surface area contributed by atoms with E-state index in [1.807, 2.05) is 6.07 Å². The van der Waals surface area contributed by atoms with Crippen LogP contribution < -0.4 is 5.11 Å². The molecule has 0 bridgehead atoms. The third kappa shape index (κ3) is 0.955. The van der Waals surface area contributed by atoms with Crippen molar-refractivity contribution >= 4 is 16.9 Å². The number of carboxylic acid groups (broad SMARTS) is 1. The lowest BCUT2D eigenvalue weighted by molar-refractivity contribution is -0.255. The van der Waals surface area contributed by atoms with Crippen molar-refractivity contribution in [2.45, 2.75) is 0 Å². The quantitative estimate of drug-likeness (QED) is 0.661. The van der Waals surface area contributed by atoms with Gasteiger partial charge in [-0.2, -0.15) is 0 Å². The molecule has 0 saturated heterocycles. The Morgan fingerprint density at radius 2 is 2.17 bits per heavy atom. The summed E-state index contributed by atoms with van der Waals surface area (Å²) >= 11 is 0. The molecule has 0 amide bonds. The van der Waals surface area contributed by atoms with Gasteiger partial charge >= 0.3 is 0 Å². The Hall–Kier alpha value is -1.77. The van der Waals surface area contributed by atoms with Gasteiger partial charge in [-0.15, -0.1) is 0 Å². The molecule has 3 heteroatoms. The number of rotatable bonds is 1. The van der Waals surface area contributed by atoms with Gasteiger partial charge in [0.05, 0.1) is 5.97 Å². The zero-order valence-corrected chi connectivity index (χ0v) is 6.20. The number of H-pyrrole nitrogens is 1. The lowest BCUT2D eigenvalue weighted by atomic mass is 10.1. The van der Waals surface area contributed by atoms with Gasteiger partial charge in [-0.1, -0.05) is 6.07 Å². The van der Waals surface area contributed by atoms with Gasteiger partial charge in [0.25, 0.3) is 0 Å². The lowest BCUT2D eigenvalue weighted by Gasteiger charge is -2.00. The van der Waals surface area contributed by atoms with Crippen LogP contribution in [-0.2, 0) is 0 Å². The van der Waals surface area contributed by atoms with Crippen molar-refractivity contribution in [1.82, 2.24) is 4.98 Å². The fourth-order valence-electron chi connectivity index (χ4n) is 1.18. The van der Waals surface area contributed by atoms with Crippen molar-refractivity contribution in [2.24, 2.45) is 0 Å². The highest BCUT2D eigenvalue weighted by Gasteiger charge is 1.96. The fourth-order valence-corrected chi connectivity index (χ4v) is 1.18. The molecule has 0 spiro atoms. The first kappa shape index (κ1) is 6.91. The molecule has 1 aromatic carbocycles.